The Hall–Kier alpha value is -1.28. The number of carbonyl (C=O) groups is 1. The Morgan fingerprint density at radius 3 is 1.03 bits per heavy atom. The standard InChI is InChI=1S/C70H137N2O6P/c1-6-8-10-12-14-16-18-20-22-24-26-28-30-32-33-34-35-36-37-38-40-42-44-46-48-50-52-54-56-58-60-62-64-70(74)71-68(67-78-79(75,76)77-66-65-72(3,4)5)69(73)63-61-59-57-55-53-51-49-47-45-43-41-39-31-29-27-25-23-21-19-17-15-13-11-9-7-2/h45,47,53,55,61,63,68-69,73H,6-44,46,48-52,54,56-60,62,64-67H2,1-5H3,(H-,71,74,75,76)/b47-45+,55-53+,63-61+. The summed E-state index contributed by atoms with van der Waals surface area (Å²) in [6.07, 6.45) is 81.4. The van der Waals surface area contributed by atoms with Gasteiger partial charge < -0.3 is 28.8 Å². The molecule has 0 aromatic heterocycles. The Labute approximate surface area is 493 Å². The van der Waals surface area contributed by atoms with Crippen LogP contribution in [0.5, 0.6) is 0 Å². The fourth-order valence-electron chi connectivity index (χ4n) is 10.7. The van der Waals surface area contributed by atoms with Crippen molar-refractivity contribution < 1.29 is 32.9 Å². The van der Waals surface area contributed by atoms with Crippen LogP contribution >= 0.6 is 7.82 Å². The summed E-state index contributed by atoms with van der Waals surface area (Å²) in [5, 5.41) is 13.9. The lowest BCUT2D eigenvalue weighted by molar-refractivity contribution is -0.870. The molecule has 0 spiro atoms. The summed E-state index contributed by atoms with van der Waals surface area (Å²) in [5.74, 6) is -0.204. The summed E-state index contributed by atoms with van der Waals surface area (Å²) in [5.41, 5.74) is 0. The van der Waals surface area contributed by atoms with Crippen LogP contribution in [0.1, 0.15) is 354 Å². The van der Waals surface area contributed by atoms with Crippen molar-refractivity contribution in [2.24, 2.45) is 0 Å². The van der Waals surface area contributed by atoms with Gasteiger partial charge in [0.15, 0.2) is 0 Å². The summed E-state index contributed by atoms with van der Waals surface area (Å²) >= 11 is 0. The smallest absolute Gasteiger partial charge is 0.268 e. The van der Waals surface area contributed by atoms with E-state index in [0.29, 0.717) is 17.4 Å². The Morgan fingerprint density at radius 1 is 0.430 bits per heavy atom. The van der Waals surface area contributed by atoms with Crippen molar-refractivity contribution in [3.8, 4) is 0 Å². The molecule has 0 rings (SSSR count). The molecule has 3 atom stereocenters. The number of allylic oxidation sites excluding steroid dienone is 5. The Bertz CT molecular complexity index is 1380. The lowest BCUT2D eigenvalue weighted by Gasteiger charge is -2.29. The van der Waals surface area contributed by atoms with Crippen molar-refractivity contribution in [3.05, 3.63) is 36.5 Å². The Kier molecular flexibility index (Phi) is 60.3. The summed E-state index contributed by atoms with van der Waals surface area (Å²) in [7, 11) is 1.25. The first-order chi connectivity index (χ1) is 38.5. The topological polar surface area (TPSA) is 108 Å². The molecule has 0 aliphatic rings. The van der Waals surface area contributed by atoms with E-state index in [4.69, 9.17) is 9.05 Å². The zero-order valence-electron chi connectivity index (χ0n) is 53.6. The molecule has 1 amide bonds. The van der Waals surface area contributed by atoms with E-state index in [2.05, 4.69) is 43.5 Å². The van der Waals surface area contributed by atoms with Crippen molar-refractivity contribution >= 4 is 13.7 Å². The quantitative estimate of drug-likeness (QED) is 0.0272. The molecule has 0 fully saturated rings. The average Bonchev–Trinajstić information content (AvgIpc) is 3.42. The monoisotopic (exact) mass is 1130 g/mol. The number of amides is 1. The molecular formula is C70H137N2O6P. The van der Waals surface area contributed by atoms with E-state index in [0.717, 1.165) is 44.9 Å². The molecule has 0 saturated carbocycles. The molecule has 0 aliphatic carbocycles. The van der Waals surface area contributed by atoms with Crippen LogP contribution in [0, 0.1) is 0 Å². The molecule has 8 nitrogen and oxygen atoms in total. The third-order valence-corrected chi connectivity index (χ3v) is 17.0. The van der Waals surface area contributed by atoms with E-state index in [1.165, 1.54) is 289 Å². The van der Waals surface area contributed by atoms with E-state index in [1.54, 1.807) is 6.08 Å². The molecule has 0 aromatic carbocycles. The third kappa shape index (κ3) is 64.1. The van der Waals surface area contributed by atoms with Gasteiger partial charge in [-0.2, -0.15) is 0 Å². The van der Waals surface area contributed by atoms with E-state index in [1.807, 2.05) is 27.2 Å². The highest BCUT2D eigenvalue weighted by Gasteiger charge is 2.23. The fraction of sp³-hybridized carbons (Fsp3) is 0.900. The van der Waals surface area contributed by atoms with Gasteiger partial charge >= 0.3 is 0 Å². The molecule has 0 aromatic rings. The lowest BCUT2D eigenvalue weighted by Crippen LogP contribution is -2.45. The number of nitrogens with one attached hydrogen (secondary N) is 1. The molecule has 468 valence electrons. The van der Waals surface area contributed by atoms with Crippen molar-refractivity contribution in [1.82, 2.24) is 5.32 Å². The number of phosphoric acid groups is 1. The number of phosphoric ester groups is 1. The predicted molar refractivity (Wildman–Crippen MR) is 344 cm³/mol. The Balaban J connectivity index is 4.08. The maximum Gasteiger partial charge on any atom is 0.268 e. The van der Waals surface area contributed by atoms with Crippen LogP contribution in [-0.2, 0) is 18.4 Å². The molecule has 3 unspecified atom stereocenters. The van der Waals surface area contributed by atoms with Gasteiger partial charge in [-0.05, 0) is 44.9 Å². The number of aliphatic hydroxyl groups is 1. The largest absolute Gasteiger partial charge is 0.756 e. The molecule has 79 heavy (non-hydrogen) atoms. The number of quaternary nitrogens is 1. The lowest BCUT2D eigenvalue weighted by atomic mass is 10.0. The van der Waals surface area contributed by atoms with Crippen molar-refractivity contribution in [1.29, 1.82) is 0 Å². The minimum Gasteiger partial charge on any atom is -0.756 e. The molecule has 9 heteroatoms. The van der Waals surface area contributed by atoms with Crippen LogP contribution in [0.4, 0.5) is 0 Å². The molecule has 2 N–H and O–H groups in total. The van der Waals surface area contributed by atoms with Crippen LogP contribution in [0.2, 0.25) is 0 Å². The van der Waals surface area contributed by atoms with Crippen LogP contribution in [-0.4, -0.2) is 68.5 Å². The van der Waals surface area contributed by atoms with Crippen LogP contribution in [0.15, 0.2) is 36.5 Å². The van der Waals surface area contributed by atoms with Gasteiger partial charge in [0.2, 0.25) is 5.91 Å². The van der Waals surface area contributed by atoms with Gasteiger partial charge in [0.25, 0.3) is 7.82 Å². The summed E-state index contributed by atoms with van der Waals surface area (Å²) in [6, 6.07) is -0.909. The summed E-state index contributed by atoms with van der Waals surface area (Å²) in [4.78, 5) is 25.6. The van der Waals surface area contributed by atoms with Crippen LogP contribution in [0.3, 0.4) is 0 Å². The molecule has 0 aliphatic heterocycles. The normalized spacial score (nSPS) is 13.9. The van der Waals surface area contributed by atoms with Gasteiger partial charge in [-0.1, -0.05) is 339 Å². The highest BCUT2D eigenvalue weighted by molar-refractivity contribution is 7.45. The fourth-order valence-corrected chi connectivity index (χ4v) is 11.4. The minimum atomic E-state index is -4.61. The van der Waals surface area contributed by atoms with E-state index in [9.17, 15) is 19.4 Å². The van der Waals surface area contributed by atoms with Crippen molar-refractivity contribution in [2.45, 2.75) is 366 Å². The summed E-state index contributed by atoms with van der Waals surface area (Å²) in [6.45, 7) is 4.68. The van der Waals surface area contributed by atoms with Gasteiger partial charge in [-0.25, -0.2) is 0 Å². The average molecular weight is 1130 g/mol. The van der Waals surface area contributed by atoms with Crippen LogP contribution in [0.25, 0.3) is 0 Å². The van der Waals surface area contributed by atoms with Gasteiger partial charge in [0.1, 0.15) is 13.2 Å². The number of hydrogen-bond donors (Lipinski definition) is 2. The second-order valence-corrected chi connectivity index (χ2v) is 26.6. The minimum absolute atomic E-state index is 0.00710. The zero-order chi connectivity index (χ0) is 57.7. The van der Waals surface area contributed by atoms with Crippen LogP contribution < -0.4 is 10.2 Å². The number of likely N-dealkylation sites (N-methyl/N-ethyl adjacent to an activating group) is 1. The Morgan fingerprint density at radius 2 is 0.709 bits per heavy atom. The number of hydrogen-bond acceptors (Lipinski definition) is 6. The maximum atomic E-state index is 13.0. The number of aliphatic hydroxyl groups excluding tert-OH is 1. The van der Waals surface area contributed by atoms with Crippen molar-refractivity contribution in [2.75, 3.05) is 40.9 Å². The number of unbranched alkanes of at least 4 members (excludes halogenated alkanes) is 48. The van der Waals surface area contributed by atoms with Crippen molar-refractivity contribution in [3.63, 3.8) is 0 Å². The third-order valence-electron chi connectivity index (χ3n) is 16.1. The molecule has 0 radical (unpaired) electrons. The second kappa shape index (κ2) is 61.3. The highest BCUT2D eigenvalue weighted by atomic mass is 31.2. The maximum absolute atomic E-state index is 13.0. The number of nitrogens with zero attached hydrogens (tertiary/aromatic N) is 1. The molecule has 0 bridgehead atoms. The number of rotatable bonds is 65. The first-order valence-corrected chi connectivity index (χ1v) is 36.3. The van der Waals surface area contributed by atoms with Gasteiger partial charge in [0, 0.05) is 6.42 Å². The zero-order valence-corrected chi connectivity index (χ0v) is 54.5. The molecule has 0 heterocycles. The van der Waals surface area contributed by atoms with E-state index >= 15 is 0 Å². The predicted octanol–water partition coefficient (Wildman–Crippen LogP) is 21.4. The van der Waals surface area contributed by atoms with Gasteiger partial charge in [-0.3, -0.25) is 9.36 Å². The molecular weight excluding hydrogens is 996 g/mol. The first kappa shape index (κ1) is 77.7. The highest BCUT2D eigenvalue weighted by Crippen LogP contribution is 2.38. The van der Waals surface area contributed by atoms with Gasteiger partial charge in [-0.15, -0.1) is 0 Å². The van der Waals surface area contributed by atoms with E-state index < -0.39 is 26.6 Å². The first-order valence-electron chi connectivity index (χ1n) is 34.9. The second-order valence-electron chi connectivity index (χ2n) is 25.2. The van der Waals surface area contributed by atoms with Gasteiger partial charge in [0.05, 0.1) is 39.9 Å². The number of carbonyl (C=O) groups excluding carboxylic acids is 1. The SMILES string of the molecule is CCCCCCCCCCCCCCCCC/C=C/CC/C=C/CC/C=C/C(O)C(COP(=O)([O-])OCC[N+](C)(C)C)NC(=O)CCCCCCCCCCCCCCCCCCCCCCCCCCCCCCCCCC. The van der Waals surface area contributed by atoms with E-state index in [-0.39, 0.29) is 12.5 Å². The molecule has 0 saturated heterocycles. The summed E-state index contributed by atoms with van der Waals surface area (Å²) < 4.78 is 23.4.